The van der Waals surface area contributed by atoms with Crippen LogP contribution in [0, 0.1) is 11.8 Å². The molecule has 2 amide bonds. The van der Waals surface area contributed by atoms with Crippen molar-refractivity contribution in [3.63, 3.8) is 0 Å². The van der Waals surface area contributed by atoms with Gasteiger partial charge in [0.1, 0.15) is 0 Å². The van der Waals surface area contributed by atoms with Crippen LogP contribution in [0.3, 0.4) is 0 Å². The van der Waals surface area contributed by atoms with Crippen LogP contribution in [0.2, 0.25) is 0 Å². The lowest BCUT2D eigenvalue weighted by atomic mass is 10.3. The molecule has 2 fully saturated rings. The summed E-state index contributed by atoms with van der Waals surface area (Å²) in [5, 5.41) is 0. The largest absolute Gasteiger partial charge is 0.326 e. The minimum absolute atomic E-state index is 0.0104. The van der Waals surface area contributed by atoms with Gasteiger partial charge in [0.05, 0.1) is 11.8 Å². The third kappa shape index (κ3) is 0.948. The smallest absolute Gasteiger partial charge is 0.233 e. The van der Waals surface area contributed by atoms with E-state index in [0.717, 1.165) is 6.42 Å². The predicted molar refractivity (Wildman–Crippen MR) is 42.0 cm³/mol. The van der Waals surface area contributed by atoms with Crippen molar-refractivity contribution >= 4 is 11.8 Å². The highest BCUT2D eigenvalue weighted by atomic mass is 16.2. The van der Waals surface area contributed by atoms with E-state index in [9.17, 15) is 9.59 Å². The maximum absolute atomic E-state index is 11.3. The minimum Gasteiger partial charge on any atom is -0.326 e. The number of hydrogen-bond donors (Lipinski definition) is 1. The number of nitrogens with two attached hydrogens (primary N) is 1. The number of carbonyl (C=O) groups is 2. The Balaban J connectivity index is 2.07. The third-order valence-electron chi connectivity index (χ3n) is 2.43. The number of hydrogen-bond acceptors (Lipinski definition) is 3. The van der Waals surface area contributed by atoms with Gasteiger partial charge in [-0.3, -0.25) is 14.5 Å². The molecule has 4 nitrogen and oxygen atoms in total. The Morgan fingerprint density at radius 1 is 1.50 bits per heavy atom. The molecule has 1 aliphatic heterocycles. The molecule has 2 unspecified atom stereocenters. The molecule has 3 atom stereocenters. The summed E-state index contributed by atoms with van der Waals surface area (Å²) in [6, 6.07) is -0.115. The highest BCUT2D eigenvalue weighted by Gasteiger charge is 2.58. The molecule has 0 aromatic carbocycles. The van der Waals surface area contributed by atoms with Crippen LogP contribution >= 0.6 is 0 Å². The van der Waals surface area contributed by atoms with E-state index in [0.29, 0.717) is 6.54 Å². The van der Waals surface area contributed by atoms with E-state index in [2.05, 4.69) is 0 Å². The summed E-state index contributed by atoms with van der Waals surface area (Å²) < 4.78 is 0. The number of fused-ring (bicyclic) bond motifs is 1. The molecule has 0 spiro atoms. The Bertz CT molecular complexity index is 229. The molecule has 1 heterocycles. The number of nitrogens with zero attached hydrogens (tertiary/aromatic N) is 1. The molecule has 2 aliphatic rings. The molecule has 0 bridgehead atoms. The lowest BCUT2D eigenvalue weighted by Gasteiger charge is -2.18. The first-order valence-corrected chi connectivity index (χ1v) is 4.22. The molecule has 12 heavy (non-hydrogen) atoms. The predicted octanol–water partition coefficient (Wildman–Crippen LogP) is -0.662. The fraction of sp³-hybridized carbons (Fsp3) is 0.750. The van der Waals surface area contributed by atoms with E-state index < -0.39 is 0 Å². The second-order valence-corrected chi connectivity index (χ2v) is 3.71. The van der Waals surface area contributed by atoms with Crippen LogP contribution in [-0.4, -0.2) is 29.3 Å². The van der Waals surface area contributed by atoms with E-state index in [-0.39, 0.29) is 29.7 Å². The summed E-state index contributed by atoms with van der Waals surface area (Å²) in [5.74, 6) is -0.00269. The van der Waals surface area contributed by atoms with Crippen molar-refractivity contribution in [1.29, 1.82) is 0 Å². The van der Waals surface area contributed by atoms with Crippen molar-refractivity contribution in [2.75, 3.05) is 6.54 Å². The van der Waals surface area contributed by atoms with E-state index >= 15 is 0 Å². The van der Waals surface area contributed by atoms with E-state index in [1.165, 1.54) is 4.90 Å². The van der Waals surface area contributed by atoms with Gasteiger partial charge in [0.25, 0.3) is 0 Å². The Kier molecular flexibility index (Phi) is 1.48. The summed E-state index contributed by atoms with van der Waals surface area (Å²) >= 11 is 0. The number of amides is 2. The number of carbonyl (C=O) groups excluding carboxylic acids is 2. The summed E-state index contributed by atoms with van der Waals surface area (Å²) in [5.41, 5.74) is 5.51. The Morgan fingerprint density at radius 2 is 2.00 bits per heavy atom. The number of imide groups is 1. The van der Waals surface area contributed by atoms with Gasteiger partial charge in [0, 0.05) is 12.6 Å². The van der Waals surface area contributed by atoms with Gasteiger partial charge < -0.3 is 5.73 Å². The second kappa shape index (κ2) is 2.29. The normalized spacial score (nSPS) is 35.3. The van der Waals surface area contributed by atoms with Gasteiger partial charge in [-0.2, -0.15) is 0 Å². The molecule has 2 rings (SSSR count). The molecule has 1 saturated carbocycles. The minimum atomic E-state index is -0.115. The Labute approximate surface area is 70.7 Å². The Morgan fingerprint density at radius 3 is 2.42 bits per heavy atom. The van der Waals surface area contributed by atoms with Crippen LogP contribution in [-0.2, 0) is 9.59 Å². The second-order valence-electron chi connectivity index (χ2n) is 3.71. The lowest BCUT2D eigenvalue weighted by Crippen LogP contribution is -2.41. The maximum atomic E-state index is 11.3. The summed E-state index contributed by atoms with van der Waals surface area (Å²) in [6.07, 6.45) is 0.771. The first-order chi connectivity index (χ1) is 5.61. The highest BCUT2D eigenvalue weighted by molar-refractivity contribution is 6.08. The van der Waals surface area contributed by atoms with Crippen molar-refractivity contribution < 1.29 is 9.59 Å². The van der Waals surface area contributed by atoms with Gasteiger partial charge in [-0.25, -0.2) is 0 Å². The van der Waals surface area contributed by atoms with Crippen molar-refractivity contribution in [3.05, 3.63) is 0 Å². The fourth-order valence-electron chi connectivity index (χ4n) is 1.72. The van der Waals surface area contributed by atoms with Gasteiger partial charge in [-0.1, -0.05) is 0 Å². The standard InChI is InChI=1S/C8H12N2O2/c1-4(9)3-10-7(11)5-2-6(5)8(10)12/h4-6H,2-3,9H2,1H3/t4-,5?,6?/m0/s1. The molecule has 1 saturated heterocycles. The van der Waals surface area contributed by atoms with Gasteiger partial charge in [0.2, 0.25) is 11.8 Å². The first-order valence-electron chi connectivity index (χ1n) is 4.22. The van der Waals surface area contributed by atoms with E-state index in [1.807, 2.05) is 0 Å². The molecule has 0 radical (unpaired) electrons. The SMILES string of the molecule is C[C@H](N)CN1C(=O)C2CC2C1=O. The zero-order valence-electron chi connectivity index (χ0n) is 6.99. The van der Waals surface area contributed by atoms with E-state index in [1.54, 1.807) is 6.92 Å². The maximum Gasteiger partial charge on any atom is 0.233 e. The molecule has 0 aromatic heterocycles. The monoisotopic (exact) mass is 168 g/mol. The average Bonchev–Trinajstić information content (AvgIpc) is 2.71. The van der Waals surface area contributed by atoms with Gasteiger partial charge in [0.15, 0.2) is 0 Å². The van der Waals surface area contributed by atoms with Crippen molar-refractivity contribution in [2.45, 2.75) is 19.4 Å². The molecular formula is C8H12N2O2. The van der Waals surface area contributed by atoms with Crippen LogP contribution in [0.25, 0.3) is 0 Å². The zero-order valence-corrected chi connectivity index (χ0v) is 6.99. The van der Waals surface area contributed by atoms with Crippen molar-refractivity contribution in [3.8, 4) is 0 Å². The van der Waals surface area contributed by atoms with Gasteiger partial charge >= 0.3 is 0 Å². The van der Waals surface area contributed by atoms with Gasteiger partial charge in [-0.05, 0) is 13.3 Å². The van der Waals surface area contributed by atoms with Crippen LogP contribution in [0.15, 0.2) is 0 Å². The van der Waals surface area contributed by atoms with Gasteiger partial charge in [-0.15, -0.1) is 0 Å². The highest BCUT2D eigenvalue weighted by Crippen LogP contribution is 2.46. The van der Waals surface area contributed by atoms with Crippen molar-refractivity contribution in [1.82, 2.24) is 4.90 Å². The van der Waals surface area contributed by atoms with Crippen LogP contribution in [0.1, 0.15) is 13.3 Å². The molecular weight excluding hydrogens is 156 g/mol. The summed E-state index contributed by atoms with van der Waals surface area (Å²) in [4.78, 5) is 24.0. The number of piperidine rings is 1. The van der Waals surface area contributed by atoms with E-state index in [4.69, 9.17) is 5.73 Å². The zero-order chi connectivity index (χ0) is 8.88. The Hall–Kier alpha value is -0.900. The molecule has 1 aliphatic carbocycles. The number of likely N-dealkylation sites (tertiary alicyclic amines) is 1. The third-order valence-corrected chi connectivity index (χ3v) is 2.43. The lowest BCUT2D eigenvalue weighted by molar-refractivity contribution is -0.141. The molecule has 2 N–H and O–H groups in total. The fourth-order valence-corrected chi connectivity index (χ4v) is 1.72. The molecule has 4 heteroatoms. The number of rotatable bonds is 2. The topological polar surface area (TPSA) is 63.4 Å². The van der Waals surface area contributed by atoms with Crippen molar-refractivity contribution in [2.24, 2.45) is 17.6 Å². The first kappa shape index (κ1) is 7.73. The quantitative estimate of drug-likeness (QED) is 0.557. The molecule has 0 aromatic rings. The van der Waals surface area contributed by atoms with Crippen LogP contribution in [0.4, 0.5) is 0 Å². The molecule has 66 valence electrons. The van der Waals surface area contributed by atoms with Crippen LogP contribution in [0.5, 0.6) is 0 Å². The summed E-state index contributed by atoms with van der Waals surface area (Å²) in [7, 11) is 0. The summed E-state index contributed by atoms with van der Waals surface area (Å²) in [6.45, 7) is 2.18. The van der Waals surface area contributed by atoms with Crippen LogP contribution < -0.4 is 5.73 Å². The average molecular weight is 168 g/mol.